The third-order valence-corrected chi connectivity index (χ3v) is 10.6. The highest BCUT2D eigenvalue weighted by atomic mass is 32.5. The first-order valence-electron chi connectivity index (χ1n) is 13.6. The highest BCUT2D eigenvalue weighted by Gasteiger charge is 2.52. The highest BCUT2D eigenvalue weighted by Crippen LogP contribution is 2.53. The predicted molar refractivity (Wildman–Crippen MR) is 153 cm³/mol. The normalized spacial score (nSPS) is 33.7. The largest absolute Gasteiger partial charge is 0.697 e. The molecule has 23 heteroatoms. The van der Waals surface area contributed by atoms with Gasteiger partial charge in [-0.2, -0.15) is 10.1 Å². The van der Waals surface area contributed by atoms with E-state index in [-0.39, 0.29) is 64.9 Å². The summed E-state index contributed by atoms with van der Waals surface area (Å²) in [6, 6.07) is -0.284. The van der Waals surface area contributed by atoms with Crippen LogP contribution in [0.5, 0.6) is 0 Å². The summed E-state index contributed by atoms with van der Waals surface area (Å²) in [5.74, 6) is -0.241. The van der Waals surface area contributed by atoms with E-state index in [1.165, 1.54) is 34.3 Å². The van der Waals surface area contributed by atoms with Crippen LogP contribution in [-0.2, 0) is 39.2 Å². The third-order valence-electron chi connectivity index (χ3n) is 8.32. The van der Waals surface area contributed by atoms with Gasteiger partial charge in [0.25, 0.3) is 5.56 Å². The van der Waals surface area contributed by atoms with Crippen LogP contribution >= 0.6 is 15.0 Å². The second-order valence-corrected chi connectivity index (χ2v) is 14.5. The molecular formula is C22H23FN11O8P2S+. The molecule has 8 rings (SSSR count). The van der Waals surface area contributed by atoms with Crippen LogP contribution in [0.1, 0.15) is 18.7 Å². The van der Waals surface area contributed by atoms with Crippen LogP contribution in [0.3, 0.4) is 0 Å². The van der Waals surface area contributed by atoms with Crippen molar-refractivity contribution < 1.29 is 36.7 Å². The number of ether oxygens (including phenoxy) is 1. The van der Waals surface area contributed by atoms with Crippen molar-refractivity contribution >= 4 is 60.7 Å². The van der Waals surface area contributed by atoms with Crippen molar-refractivity contribution in [2.24, 2.45) is 11.8 Å². The van der Waals surface area contributed by atoms with Crippen LogP contribution in [0.4, 0.5) is 10.2 Å². The summed E-state index contributed by atoms with van der Waals surface area (Å²) in [7, 11) is -2.68. The van der Waals surface area contributed by atoms with Gasteiger partial charge in [-0.1, -0.05) is 0 Å². The zero-order valence-electron chi connectivity index (χ0n) is 22.8. The van der Waals surface area contributed by atoms with Crippen LogP contribution in [0.2, 0.25) is 0 Å². The summed E-state index contributed by atoms with van der Waals surface area (Å²) in [5, 5.41) is 6.52. The number of nitrogens with one attached hydrogen (secondary N) is 1. The smallest absolute Gasteiger partial charge is 0.382 e. The third kappa shape index (κ3) is 4.86. The number of aromatic nitrogens is 10. The van der Waals surface area contributed by atoms with E-state index >= 15 is 4.39 Å². The van der Waals surface area contributed by atoms with Crippen LogP contribution < -0.4 is 11.3 Å². The van der Waals surface area contributed by atoms with Gasteiger partial charge in [-0.3, -0.25) is 13.9 Å². The lowest BCUT2D eigenvalue weighted by Crippen LogP contribution is -2.43. The number of aromatic amines is 1. The zero-order chi connectivity index (χ0) is 31.0. The molecule has 0 amide bonds. The fraction of sp³-hybridized carbons (Fsp3) is 0.500. The Bertz CT molecular complexity index is 2070. The van der Waals surface area contributed by atoms with Crippen molar-refractivity contribution in [1.82, 2.24) is 48.7 Å². The van der Waals surface area contributed by atoms with Gasteiger partial charge in [0.1, 0.15) is 43.6 Å². The number of rotatable bonds is 2. The first-order chi connectivity index (χ1) is 21.7. The summed E-state index contributed by atoms with van der Waals surface area (Å²) in [5.41, 5.74) is 6.42. The number of imidazole rings is 2. The Balaban J connectivity index is 1.04. The zero-order valence-corrected chi connectivity index (χ0v) is 25.4. The van der Waals surface area contributed by atoms with Crippen molar-refractivity contribution in [3.05, 3.63) is 35.7 Å². The van der Waals surface area contributed by atoms with E-state index in [9.17, 15) is 14.3 Å². The topological polar surface area (TPSA) is 234 Å². The highest BCUT2D eigenvalue weighted by molar-refractivity contribution is 8.07. The van der Waals surface area contributed by atoms with E-state index in [2.05, 4.69) is 35.1 Å². The quantitative estimate of drug-likeness (QED) is 0.220. The molecule has 0 radical (unpaired) electrons. The van der Waals surface area contributed by atoms with Gasteiger partial charge in [0.05, 0.1) is 19.3 Å². The standard InChI is InChI=1S/C22H22FN11O8P2S/c23-13-16-12(41-21(13)33-7-27-14-17(24)25-5-26-18(14)33)4-39-43(36)38-3-10-9(2-40-44(37,45)42-16)1-11(10)32-6-28-15-19(32)30-22-31-29-8-34(22)20(15)35/h5-13,16,21H,1-4H2,(H3-,24,25,26,30,31,35,37,45)/p+1/t9-,10-,11-,12-,13-,16-,21-,44?/m1/s1. The molecular weight excluding hydrogens is 659 g/mol. The van der Waals surface area contributed by atoms with E-state index in [0.29, 0.717) is 12.1 Å². The maximum absolute atomic E-state index is 16.0. The molecule has 7 heterocycles. The molecule has 2 unspecified atom stereocenters. The predicted octanol–water partition coefficient (Wildman–Crippen LogP) is 0.925. The molecule has 5 aromatic rings. The van der Waals surface area contributed by atoms with Gasteiger partial charge in [-0.15, -0.1) is 9.05 Å². The number of hydrogen-bond acceptors (Lipinski definition) is 15. The molecule has 1 aliphatic carbocycles. The monoisotopic (exact) mass is 682 g/mol. The van der Waals surface area contributed by atoms with Gasteiger partial charge in [-0.05, 0) is 24.1 Å². The number of fused-ring (bicyclic) bond motifs is 5. The van der Waals surface area contributed by atoms with E-state index in [0.717, 1.165) is 0 Å². The van der Waals surface area contributed by atoms with Crippen LogP contribution in [-0.4, -0.2) is 91.7 Å². The minimum atomic E-state index is -4.02. The first-order valence-corrected chi connectivity index (χ1v) is 17.3. The Labute approximate surface area is 256 Å². The number of anilines is 1. The van der Waals surface area contributed by atoms with Gasteiger partial charge in [0, 0.05) is 16.5 Å². The van der Waals surface area contributed by atoms with Crippen LogP contribution in [0.25, 0.3) is 28.1 Å². The van der Waals surface area contributed by atoms with Gasteiger partial charge in [0.15, 0.2) is 35.0 Å². The fourth-order valence-corrected chi connectivity index (χ4v) is 8.14. The van der Waals surface area contributed by atoms with Crippen LogP contribution in [0.15, 0.2) is 30.1 Å². The van der Waals surface area contributed by atoms with Gasteiger partial charge in [0.2, 0.25) is 5.78 Å². The number of halogens is 1. The molecule has 4 N–H and O–H groups in total. The molecule has 3 aliphatic rings. The summed E-state index contributed by atoms with van der Waals surface area (Å²) in [6.45, 7) is -4.55. The summed E-state index contributed by atoms with van der Waals surface area (Å²) in [6.07, 6.45) is -0.0525. The molecule has 0 aromatic carbocycles. The lowest BCUT2D eigenvalue weighted by atomic mass is 9.70. The number of nitrogen functional groups attached to an aromatic ring is 1. The van der Waals surface area contributed by atoms with E-state index in [1.54, 1.807) is 4.57 Å². The van der Waals surface area contributed by atoms with Crippen LogP contribution in [0, 0.1) is 11.8 Å². The lowest BCUT2D eigenvalue weighted by molar-refractivity contribution is -0.0409. The Hall–Kier alpha value is -3.39. The lowest BCUT2D eigenvalue weighted by Gasteiger charge is -2.44. The second kappa shape index (κ2) is 10.9. The molecule has 1 saturated carbocycles. The van der Waals surface area contributed by atoms with E-state index in [1.807, 2.05) is 0 Å². The fourth-order valence-electron chi connectivity index (χ4n) is 6.02. The Morgan fingerprint density at radius 3 is 2.76 bits per heavy atom. The number of alkyl halides is 1. The molecule has 0 bridgehead atoms. The minimum Gasteiger partial charge on any atom is -0.382 e. The van der Waals surface area contributed by atoms with E-state index < -0.39 is 46.2 Å². The molecule has 9 atom stereocenters. The Morgan fingerprint density at radius 1 is 1.09 bits per heavy atom. The molecule has 5 aromatic heterocycles. The Kier molecular flexibility index (Phi) is 7.01. The van der Waals surface area contributed by atoms with Crippen molar-refractivity contribution in [3.63, 3.8) is 0 Å². The molecule has 2 saturated heterocycles. The maximum Gasteiger partial charge on any atom is 0.697 e. The summed E-state index contributed by atoms with van der Waals surface area (Å²) in [4.78, 5) is 44.7. The average molecular weight is 683 g/mol. The summed E-state index contributed by atoms with van der Waals surface area (Å²) < 4.78 is 61.4. The number of H-pyrrole nitrogens is 1. The summed E-state index contributed by atoms with van der Waals surface area (Å²) >= 11 is 5.27. The first kappa shape index (κ1) is 29.0. The van der Waals surface area contributed by atoms with Gasteiger partial charge in [-0.25, -0.2) is 33.8 Å². The van der Waals surface area contributed by atoms with Crippen molar-refractivity contribution in [2.45, 2.75) is 37.1 Å². The van der Waals surface area contributed by atoms with Gasteiger partial charge >= 0.3 is 15.0 Å². The number of nitrogens with two attached hydrogens (primary N) is 1. The molecule has 19 nitrogen and oxygen atoms in total. The SMILES string of the molecule is Nc1ncnc2c1ncn2[C@@H]1O[C@@H]2CO[P+](=O)OC[C@@H]3[C@@H](COP(O)(=S)O[C@H]2[C@H]1F)C[C@H]3n1cnc2c(=O)n3cn[nH]c3nc21. The molecule has 236 valence electrons. The van der Waals surface area contributed by atoms with Crippen molar-refractivity contribution in [3.8, 4) is 0 Å². The number of hydrogen-bond donors (Lipinski definition) is 3. The number of nitrogens with zero attached hydrogens (tertiary/aromatic N) is 9. The molecule has 0 spiro atoms. The molecule has 3 fully saturated rings. The van der Waals surface area contributed by atoms with Gasteiger partial charge < -0.3 is 24.5 Å². The van der Waals surface area contributed by atoms with Crippen molar-refractivity contribution in [2.75, 3.05) is 25.6 Å². The average Bonchev–Trinajstić information content (AvgIpc) is 3.79. The maximum atomic E-state index is 16.0. The molecule has 2 aliphatic heterocycles. The Morgan fingerprint density at radius 2 is 1.89 bits per heavy atom. The van der Waals surface area contributed by atoms with E-state index in [4.69, 9.17) is 40.4 Å². The van der Waals surface area contributed by atoms with Crippen molar-refractivity contribution in [1.29, 1.82) is 0 Å². The second-order valence-electron chi connectivity index (χ2n) is 10.8. The molecule has 45 heavy (non-hydrogen) atoms. The minimum absolute atomic E-state index is 0.0422.